The molecule has 1 aromatic carbocycles. The van der Waals surface area contributed by atoms with Crippen molar-refractivity contribution in [2.75, 3.05) is 19.5 Å². The predicted molar refractivity (Wildman–Crippen MR) is 72.7 cm³/mol. The second-order valence-corrected chi connectivity index (χ2v) is 4.06. The number of anilines is 2. The summed E-state index contributed by atoms with van der Waals surface area (Å²) >= 11 is 11.4. The van der Waals surface area contributed by atoms with Crippen LogP contribution in [0.4, 0.5) is 11.6 Å². The first kappa shape index (κ1) is 13.6. The van der Waals surface area contributed by atoms with E-state index in [0.717, 1.165) is 0 Å². The highest BCUT2D eigenvalue weighted by atomic mass is 35.5. The van der Waals surface area contributed by atoms with Gasteiger partial charge in [0.2, 0.25) is 16.5 Å². The first-order chi connectivity index (χ1) is 9.12. The number of halogens is 2. The predicted octanol–water partition coefficient (Wildman–Crippen LogP) is 2.94. The quantitative estimate of drug-likeness (QED) is 0.936. The molecule has 0 aliphatic carbocycles. The topological polar surface area (TPSA) is 69.2 Å². The number of hydrogen-bond donors (Lipinski definition) is 1. The van der Waals surface area contributed by atoms with Crippen LogP contribution in [0.1, 0.15) is 0 Å². The van der Waals surface area contributed by atoms with Crippen molar-refractivity contribution < 1.29 is 9.47 Å². The summed E-state index contributed by atoms with van der Waals surface area (Å²) in [6.45, 7) is 0. The Morgan fingerprint density at radius 1 is 1.00 bits per heavy atom. The van der Waals surface area contributed by atoms with Crippen LogP contribution < -0.4 is 14.8 Å². The lowest BCUT2D eigenvalue weighted by molar-refractivity contribution is 0.405. The van der Waals surface area contributed by atoms with Crippen LogP contribution in [0.15, 0.2) is 18.2 Å². The molecule has 1 heterocycles. The summed E-state index contributed by atoms with van der Waals surface area (Å²) in [6, 6.07) is 5.27. The maximum atomic E-state index is 5.71. The van der Waals surface area contributed by atoms with E-state index in [1.165, 1.54) is 0 Å². The van der Waals surface area contributed by atoms with E-state index in [1.54, 1.807) is 32.4 Å². The standard InChI is InChI=1S/C11H10Cl2N4O2/c1-18-6-3-4-8(19-2)7(5-6)14-11-16-9(12)15-10(13)17-11/h3-5H,1-2H3,(H,14,15,16,17). The molecule has 19 heavy (non-hydrogen) atoms. The first-order valence-electron chi connectivity index (χ1n) is 5.18. The molecule has 2 rings (SSSR count). The van der Waals surface area contributed by atoms with E-state index >= 15 is 0 Å². The average molecular weight is 301 g/mol. The van der Waals surface area contributed by atoms with Gasteiger partial charge in [0.15, 0.2) is 0 Å². The monoisotopic (exact) mass is 300 g/mol. The molecule has 0 aliphatic heterocycles. The highest BCUT2D eigenvalue weighted by Crippen LogP contribution is 2.30. The lowest BCUT2D eigenvalue weighted by atomic mass is 10.2. The number of rotatable bonds is 4. The summed E-state index contributed by atoms with van der Waals surface area (Å²) in [5.74, 6) is 1.49. The fourth-order valence-electron chi connectivity index (χ4n) is 1.41. The van der Waals surface area contributed by atoms with Crippen molar-refractivity contribution >= 4 is 34.8 Å². The molecule has 8 heteroatoms. The molecule has 2 aromatic rings. The number of ether oxygens (including phenoxy) is 2. The number of nitrogens with one attached hydrogen (secondary N) is 1. The second kappa shape index (κ2) is 5.90. The number of methoxy groups -OCH3 is 2. The van der Waals surface area contributed by atoms with Gasteiger partial charge in [-0.25, -0.2) is 0 Å². The van der Waals surface area contributed by atoms with Crippen LogP contribution in [0.3, 0.4) is 0 Å². The van der Waals surface area contributed by atoms with Crippen LogP contribution in [-0.2, 0) is 0 Å². The molecule has 0 saturated carbocycles. The van der Waals surface area contributed by atoms with E-state index in [0.29, 0.717) is 17.2 Å². The van der Waals surface area contributed by atoms with E-state index in [2.05, 4.69) is 20.3 Å². The third-order valence-corrected chi connectivity index (χ3v) is 2.57. The zero-order valence-electron chi connectivity index (χ0n) is 10.1. The van der Waals surface area contributed by atoms with Crippen molar-refractivity contribution in [3.05, 3.63) is 28.8 Å². The molecule has 0 atom stereocenters. The Balaban J connectivity index is 2.35. The van der Waals surface area contributed by atoms with Crippen molar-refractivity contribution in [3.63, 3.8) is 0 Å². The zero-order chi connectivity index (χ0) is 13.8. The lowest BCUT2D eigenvalue weighted by Gasteiger charge is -2.11. The van der Waals surface area contributed by atoms with E-state index in [1.807, 2.05) is 0 Å². The normalized spacial score (nSPS) is 10.1. The minimum Gasteiger partial charge on any atom is -0.497 e. The van der Waals surface area contributed by atoms with E-state index in [-0.39, 0.29) is 16.5 Å². The molecule has 1 N–H and O–H groups in total. The average Bonchev–Trinajstić information content (AvgIpc) is 2.37. The Labute approximate surface area is 119 Å². The molecule has 0 saturated heterocycles. The molecule has 1 aromatic heterocycles. The maximum absolute atomic E-state index is 5.71. The van der Waals surface area contributed by atoms with Gasteiger partial charge in [0.25, 0.3) is 0 Å². The van der Waals surface area contributed by atoms with Gasteiger partial charge >= 0.3 is 0 Å². The van der Waals surface area contributed by atoms with Gasteiger partial charge in [-0.3, -0.25) is 0 Å². The smallest absolute Gasteiger partial charge is 0.232 e. The Morgan fingerprint density at radius 3 is 2.26 bits per heavy atom. The largest absolute Gasteiger partial charge is 0.497 e. The van der Waals surface area contributed by atoms with Gasteiger partial charge in [0, 0.05) is 6.07 Å². The number of nitrogens with zero attached hydrogens (tertiary/aromatic N) is 3. The Morgan fingerprint density at radius 2 is 1.68 bits per heavy atom. The van der Waals surface area contributed by atoms with Crippen LogP contribution in [0, 0.1) is 0 Å². The Kier molecular flexibility index (Phi) is 4.24. The number of aromatic nitrogens is 3. The van der Waals surface area contributed by atoms with Crippen LogP contribution in [0.25, 0.3) is 0 Å². The number of benzene rings is 1. The Hall–Kier alpha value is -1.79. The third kappa shape index (κ3) is 3.36. The van der Waals surface area contributed by atoms with Gasteiger partial charge in [-0.2, -0.15) is 15.0 Å². The van der Waals surface area contributed by atoms with Crippen molar-refractivity contribution in [2.45, 2.75) is 0 Å². The highest BCUT2D eigenvalue weighted by Gasteiger charge is 2.09. The number of hydrogen-bond acceptors (Lipinski definition) is 6. The lowest BCUT2D eigenvalue weighted by Crippen LogP contribution is -2.01. The van der Waals surface area contributed by atoms with E-state index in [9.17, 15) is 0 Å². The van der Waals surface area contributed by atoms with Crippen LogP contribution in [0.5, 0.6) is 11.5 Å². The van der Waals surface area contributed by atoms with E-state index < -0.39 is 0 Å². The van der Waals surface area contributed by atoms with Gasteiger partial charge in [0.1, 0.15) is 11.5 Å². The highest BCUT2D eigenvalue weighted by molar-refractivity contribution is 6.31. The molecule has 0 amide bonds. The van der Waals surface area contributed by atoms with Gasteiger partial charge in [0.05, 0.1) is 19.9 Å². The van der Waals surface area contributed by atoms with Crippen molar-refractivity contribution in [3.8, 4) is 11.5 Å². The third-order valence-electron chi connectivity index (χ3n) is 2.23. The van der Waals surface area contributed by atoms with E-state index in [4.69, 9.17) is 32.7 Å². The second-order valence-electron chi connectivity index (χ2n) is 3.39. The van der Waals surface area contributed by atoms with Gasteiger partial charge in [-0.05, 0) is 35.3 Å². The molecular weight excluding hydrogens is 291 g/mol. The summed E-state index contributed by atoms with van der Waals surface area (Å²) in [5.41, 5.74) is 0.625. The summed E-state index contributed by atoms with van der Waals surface area (Å²) < 4.78 is 10.4. The van der Waals surface area contributed by atoms with Crippen molar-refractivity contribution in [1.82, 2.24) is 15.0 Å². The van der Waals surface area contributed by atoms with Crippen LogP contribution >= 0.6 is 23.2 Å². The molecular formula is C11H10Cl2N4O2. The van der Waals surface area contributed by atoms with Crippen LogP contribution in [-0.4, -0.2) is 29.2 Å². The summed E-state index contributed by atoms with van der Waals surface area (Å²) in [7, 11) is 3.13. The molecule has 0 fully saturated rings. The minimum absolute atomic E-state index is 0.00404. The Bertz CT molecular complexity index is 575. The summed E-state index contributed by atoms with van der Waals surface area (Å²) in [6.07, 6.45) is 0. The van der Waals surface area contributed by atoms with Gasteiger partial charge in [-0.1, -0.05) is 0 Å². The van der Waals surface area contributed by atoms with Crippen molar-refractivity contribution in [1.29, 1.82) is 0 Å². The molecule has 0 aliphatic rings. The molecule has 6 nitrogen and oxygen atoms in total. The zero-order valence-corrected chi connectivity index (χ0v) is 11.7. The van der Waals surface area contributed by atoms with Crippen LogP contribution in [0.2, 0.25) is 10.6 Å². The van der Waals surface area contributed by atoms with Crippen molar-refractivity contribution in [2.24, 2.45) is 0 Å². The summed E-state index contributed by atoms with van der Waals surface area (Å²) in [5, 5.41) is 2.95. The summed E-state index contributed by atoms with van der Waals surface area (Å²) in [4.78, 5) is 11.5. The molecule has 0 bridgehead atoms. The SMILES string of the molecule is COc1ccc(OC)c(Nc2nc(Cl)nc(Cl)n2)c1. The maximum Gasteiger partial charge on any atom is 0.232 e. The molecule has 0 spiro atoms. The molecule has 0 radical (unpaired) electrons. The fraction of sp³-hybridized carbons (Fsp3) is 0.182. The van der Waals surface area contributed by atoms with Gasteiger partial charge in [-0.15, -0.1) is 0 Å². The minimum atomic E-state index is 0.00404. The fourth-order valence-corrected chi connectivity index (χ4v) is 1.78. The molecule has 100 valence electrons. The van der Waals surface area contributed by atoms with Gasteiger partial charge < -0.3 is 14.8 Å². The molecule has 0 unspecified atom stereocenters. The first-order valence-corrected chi connectivity index (χ1v) is 5.94.